The molecule has 1 aromatic rings. The molecule has 1 aliphatic heterocycles. The first kappa shape index (κ1) is 18.7. The number of hydrogen-bond donors (Lipinski definition) is 0. The smallest absolute Gasteiger partial charge is 0.382 e. The Morgan fingerprint density at radius 3 is 2.75 bits per heavy atom. The molecule has 9 heteroatoms. The number of amides is 1. The van der Waals surface area contributed by atoms with Gasteiger partial charge in [0.2, 0.25) is 0 Å². The molecule has 0 N–H and O–H groups in total. The fourth-order valence-electron chi connectivity index (χ4n) is 2.89. The summed E-state index contributed by atoms with van der Waals surface area (Å²) in [6, 6.07) is 0. The first-order valence-electron chi connectivity index (χ1n) is 7.57. The average Bonchev–Trinajstić information content (AvgIpc) is 2.74. The Hall–Kier alpha value is -1.61. The molecule has 1 aromatic heterocycles. The van der Waals surface area contributed by atoms with Gasteiger partial charge in [0.15, 0.2) is 0 Å². The van der Waals surface area contributed by atoms with Gasteiger partial charge in [-0.15, -0.1) is 0 Å². The fourth-order valence-corrected chi connectivity index (χ4v) is 2.89. The molecule has 0 aromatic carbocycles. The molecule has 1 atom stereocenters. The second-order valence-corrected chi connectivity index (χ2v) is 6.58. The first-order chi connectivity index (χ1) is 11.0. The molecule has 24 heavy (non-hydrogen) atoms. The van der Waals surface area contributed by atoms with Crippen LogP contribution in [-0.4, -0.2) is 65.3 Å². The normalized spacial score (nSPS) is 21.1. The van der Waals surface area contributed by atoms with Crippen LogP contribution in [0.2, 0.25) is 0 Å². The van der Waals surface area contributed by atoms with Gasteiger partial charge < -0.3 is 14.4 Å². The van der Waals surface area contributed by atoms with Crippen molar-refractivity contribution in [2.45, 2.75) is 45.2 Å². The number of alkyl halides is 3. The lowest BCUT2D eigenvalue weighted by Crippen LogP contribution is -2.55. The zero-order chi connectivity index (χ0) is 18.1. The van der Waals surface area contributed by atoms with Crippen molar-refractivity contribution in [1.82, 2.24) is 14.7 Å². The number of morpholine rings is 1. The number of aromatic nitrogens is 2. The minimum absolute atomic E-state index is 0.174. The summed E-state index contributed by atoms with van der Waals surface area (Å²) in [6.07, 6.45) is -3.52. The summed E-state index contributed by atoms with van der Waals surface area (Å²) in [7, 11) is 1.54. The first-order valence-corrected chi connectivity index (χ1v) is 7.57. The molecule has 6 nitrogen and oxygen atoms in total. The predicted molar refractivity (Wildman–Crippen MR) is 79.8 cm³/mol. The van der Waals surface area contributed by atoms with Crippen molar-refractivity contribution in [2.24, 2.45) is 0 Å². The van der Waals surface area contributed by atoms with E-state index < -0.39 is 18.3 Å². The number of hydrogen-bond acceptors (Lipinski definition) is 4. The highest BCUT2D eigenvalue weighted by atomic mass is 19.4. The van der Waals surface area contributed by atoms with Gasteiger partial charge in [0.1, 0.15) is 6.54 Å². The Morgan fingerprint density at radius 1 is 1.50 bits per heavy atom. The molecule has 1 saturated heterocycles. The number of nitrogens with zero attached hydrogens (tertiary/aromatic N) is 3. The van der Waals surface area contributed by atoms with Crippen molar-refractivity contribution >= 4 is 5.91 Å². The number of carbonyl (C=O) groups excluding carboxylic acids is 1. The number of rotatable bonds is 4. The van der Waals surface area contributed by atoms with E-state index in [0.29, 0.717) is 19.7 Å². The van der Waals surface area contributed by atoms with Gasteiger partial charge in [-0.25, -0.2) is 0 Å². The molecule has 1 fully saturated rings. The Balaban J connectivity index is 2.18. The second-order valence-electron chi connectivity index (χ2n) is 6.58. The highest BCUT2D eigenvalue weighted by Gasteiger charge is 2.37. The van der Waals surface area contributed by atoms with E-state index in [1.807, 2.05) is 13.8 Å². The van der Waals surface area contributed by atoms with Crippen LogP contribution in [0.15, 0.2) is 6.20 Å². The number of halogens is 3. The van der Waals surface area contributed by atoms with E-state index in [1.54, 1.807) is 12.0 Å². The van der Waals surface area contributed by atoms with E-state index in [1.165, 1.54) is 6.92 Å². The summed E-state index contributed by atoms with van der Waals surface area (Å²) in [5.41, 5.74) is -0.113. The maximum Gasteiger partial charge on any atom is 0.408 e. The van der Waals surface area contributed by atoms with Crippen molar-refractivity contribution in [3.05, 3.63) is 17.5 Å². The van der Waals surface area contributed by atoms with Crippen molar-refractivity contribution in [2.75, 3.05) is 26.8 Å². The minimum atomic E-state index is -4.39. The molecule has 1 amide bonds. The molecule has 2 rings (SSSR count). The van der Waals surface area contributed by atoms with Crippen LogP contribution in [0, 0.1) is 6.92 Å². The number of ether oxygens (including phenoxy) is 2. The molecule has 0 radical (unpaired) electrons. The van der Waals surface area contributed by atoms with E-state index in [0.717, 1.165) is 10.9 Å². The third kappa shape index (κ3) is 4.70. The maximum atomic E-state index is 12.7. The van der Waals surface area contributed by atoms with Gasteiger partial charge >= 0.3 is 6.18 Å². The van der Waals surface area contributed by atoms with Crippen LogP contribution in [-0.2, 0) is 16.0 Å². The summed E-state index contributed by atoms with van der Waals surface area (Å²) >= 11 is 0. The summed E-state index contributed by atoms with van der Waals surface area (Å²) in [6.45, 7) is 5.01. The van der Waals surface area contributed by atoms with Crippen LogP contribution in [0.1, 0.15) is 29.9 Å². The number of aryl methyl sites for hydroxylation is 1. The van der Waals surface area contributed by atoms with Crippen molar-refractivity contribution in [3.63, 3.8) is 0 Å². The molecular formula is C15H22F3N3O3. The second kappa shape index (κ2) is 6.72. The van der Waals surface area contributed by atoms with Crippen LogP contribution >= 0.6 is 0 Å². The van der Waals surface area contributed by atoms with Gasteiger partial charge in [-0.05, 0) is 20.8 Å². The van der Waals surface area contributed by atoms with Crippen molar-refractivity contribution < 1.29 is 27.4 Å². The standard InChI is InChI=1S/C15H22F3N3O3/c1-10-12(6-21(19-10)9-15(16,17)18)13(22)20-5-11(7-23-4)24-14(2,3)8-20/h6,11H,5,7-9H2,1-4H3/t11-/m1/s1. The van der Waals surface area contributed by atoms with E-state index in [-0.39, 0.29) is 23.3 Å². The summed E-state index contributed by atoms with van der Waals surface area (Å²) in [5.74, 6) is -0.349. The summed E-state index contributed by atoms with van der Waals surface area (Å²) in [4.78, 5) is 14.3. The van der Waals surface area contributed by atoms with Crippen LogP contribution in [0.4, 0.5) is 13.2 Å². The molecule has 0 bridgehead atoms. The van der Waals surface area contributed by atoms with Gasteiger partial charge in [-0.1, -0.05) is 0 Å². The molecule has 1 aliphatic rings. The van der Waals surface area contributed by atoms with Gasteiger partial charge in [0.05, 0.1) is 29.6 Å². The van der Waals surface area contributed by atoms with Gasteiger partial charge in [0, 0.05) is 26.4 Å². The number of carbonyl (C=O) groups is 1. The predicted octanol–water partition coefficient (Wildman–Crippen LogP) is 2.02. The highest BCUT2D eigenvalue weighted by molar-refractivity contribution is 5.95. The molecule has 0 spiro atoms. The van der Waals surface area contributed by atoms with Gasteiger partial charge in [-0.3, -0.25) is 9.48 Å². The highest BCUT2D eigenvalue weighted by Crippen LogP contribution is 2.24. The largest absolute Gasteiger partial charge is 0.408 e. The van der Waals surface area contributed by atoms with Crippen molar-refractivity contribution in [1.29, 1.82) is 0 Å². The molecular weight excluding hydrogens is 327 g/mol. The van der Waals surface area contributed by atoms with Crippen LogP contribution in [0.25, 0.3) is 0 Å². The average molecular weight is 349 g/mol. The molecule has 2 heterocycles. The monoisotopic (exact) mass is 349 g/mol. The maximum absolute atomic E-state index is 12.7. The van der Waals surface area contributed by atoms with E-state index in [4.69, 9.17) is 9.47 Å². The Labute approximate surface area is 138 Å². The van der Waals surface area contributed by atoms with E-state index in [9.17, 15) is 18.0 Å². The Kier molecular flexibility index (Phi) is 5.24. The molecule has 0 unspecified atom stereocenters. The third-order valence-electron chi connectivity index (χ3n) is 3.64. The fraction of sp³-hybridized carbons (Fsp3) is 0.733. The zero-order valence-electron chi connectivity index (χ0n) is 14.2. The minimum Gasteiger partial charge on any atom is -0.382 e. The summed E-state index contributed by atoms with van der Waals surface area (Å²) < 4.78 is 49.1. The zero-order valence-corrected chi connectivity index (χ0v) is 14.2. The van der Waals surface area contributed by atoms with Crippen LogP contribution in [0.5, 0.6) is 0 Å². The van der Waals surface area contributed by atoms with Gasteiger partial charge in [0.25, 0.3) is 5.91 Å². The van der Waals surface area contributed by atoms with E-state index in [2.05, 4.69) is 5.10 Å². The van der Waals surface area contributed by atoms with Crippen LogP contribution in [0.3, 0.4) is 0 Å². The van der Waals surface area contributed by atoms with Crippen molar-refractivity contribution in [3.8, 4) is 0 Å². The van der Waals surface area contributed by atoms with Gasteiger partial charge in [-0.2, -0.15) is 18.3 Å². The molecule has 0 aliphatic carbocycles. The lowest BCUT2D eigenvalue weighted by atomic mass is 10.0. The molecule has 0 saturated carbocycles. The van der Waals surface area contributed by atoms with E-state index >= 15 is 0 Å². The SMILES string of the molecule is COC[C@H]1CN(C(=O)c2cn(CC(F)(F)F)nc2C)CC(C)(C)O1. The quantitative estimate of drug-likeness (QED) is 0.835. The molecule has 136 valence electrons. The number of methoxy groups -OCH3 is 1. The lowest BCUT2D eigenvalue weighted by Gasteiger charge is -2.42. The topological polar surface area (TPSA) is 56.6 Å². The lowest BCUT2D eigenvalue weighted by molar-refractivity contribution is -0.143. The van der Waals surface area contributed by atoms with Crippen LogP contribution < -0.4 is 0 Å². The summed E-state index contributed by atoms with van der Waals surface area (Å²) in [5, 5.41) is 3.80. The Morgan fingerprint density at radius 2 is 2.17 bits per heavy atom. The third-order valence-corrected chi connectivity index (χ3v) is 3.64. The Bertz CT molecular complexity index is 599.